The highest BCUT2D eigenvalue weighted by molar-refractivity contribution is 8.38. The van der Waals surface area contributed by atoms with Crippen molar-refractivity contribution in [3.63, 3.8) is 0 Å². The van der Waals surface area contributed by atoms with E-state index in [1.54, 1.807) is 6.07 Å². The van der Waals surface area contributed by atoms with Gasteiger partial charge < -0.3 is 0 Å². The quantitative estimate of drug-likeness (QED) is 0.614. The Morgan fingerprint density at radius 1 is 1.29 bits per heavy atom. The summed E-state index contributed by atoms with van der Waals surface area (Å²) < 4.78 is 0. The number of rotatable bonds is 0. The van der Waals surface area contributed by atoms with Crippen LogP contribution in [0.3, 0.4) is 0 Å². The van der Waals surface area contributed by atoms with E-state index in [1.165, 1.54) is 6.08 Å². The molecule has 0 unspecified atom stereocenters. The molecule has 0 fully saturated rings. The van der Waals surface area contributed by atoms with Crippen molar-refractivity contribution in [2.75, 3.05) is 0 Å². The van der Waals surface area contributed by atoms with Gasteiger partial charge in [-0.15, -0.1) is 0 Å². The molecule has 0 aliphatic heterocycles. The Morgan fingerprint density at radius 2 is 1.64 bits per heavy atom. The van der Waals surface area contributed by atoms with Crippen molar-refractivity contribution in [1.82, 2.24) is 0 Å². The van der Waals surface area contributed by atoms with Crippen LogP contribution in [0, 0.1) is 11.3 Å². The summed E-state index contributed by atoms with van der Waals surface area (Å²) in [7, 11) is 10.1. The summed E-state index contributed by atoms with van der Waals surface area (Å²) in [5.41, 5.74) is 0. The molecule has 0 saturated carbocycles. The van der Waals surface area contributed by atoms with E-state index in [1.807, 2.05) is 30.3 Å². The van der Waals surface area contributed by atoms with Crippen LogP contribution in [0.1, 0.15) is 0 Å². The Hall–Kier alpha value is -0.330. The van der Waals surface area contributed by atoms with Crippen LogP contribution in [0.4, 0.5) is 0 Å². The molecule has 0 aliphatic rings. The van der Waals surface area contributed by atoms with E-state index < -0.39 is 0 Å². The Bertz CT molecular complexity index is 259. The molecule has 0 bridgehead atoms. The molecule has 0 saturated heterocycles. The third-order valence-corrected chi connectivity index (χ3v) is 1.08. The fourth-order valence-corrected chi connectivity index (χ4v) is 0.560. The molecule has 1 rings (SSSR count). The van der Waals surface area contributed by atoms with Gasteiger partial charge in [0.15, 0.2) is 0 Å². The van der Waals surface area contributed by atoms with Gasteiger partial charge in [0.2, 0.25) is 0 Å². The number of allylic oxidation sites excluding steroid dienone is 1. The van der Waals surface area contributed by atoms with E-state index in [0.29, 0.717) is 10.2 Å². The van der Waals surface area contributed by atoms with E-state index in [-0.39, 0.29) is 0 Å². The maximum absolute atomic E-state index is 7.51. The summed E-state index contributed by atoms with van der Waals surface area (Å²) >= 11 is 5.54. The number of halogens is 3. The van der Waals surface area contributed by atoms with Crippen LogP contribution in [-0.2, 0) is 0 Å². The summed E-state index contributed by atoms with van der Waals surface area (Å²) in [6.07, 6.45) is 1.18. The molecule has 0 aliphatic carbocycles. The van der Waals surface area contributed by atoms with Crippen molar-refractivity contribution >= 4 is 43.2 Å². The first-order valence-electron chi connectivity index (χ1n) is 3.33. The van der Waals surface area contributed by atoms with Crippen molar-refractivity contribution in [1.29, 1.82) is 5.26 Å². The van der Waals surface area contributed by atoms with Crippen LogP contribution >= 0.6 is 43.2 Å². The van der Waals surface area contributed by atoms with Crippen molar-refractivity contribution in [3.05, 3.63) is 48.0 Å². The molecule has 1 aromatic rings. The van der Waals surface area contributed by atoms with Crippen molar-refractivity contribution < 1.29 is 0 Å². The zero-order valence-corrected chi connectivity index (χ0v) is 10.2. The molecule has 0 atom stereocenters. The Labute approximate surface area is 102 Å². The Balaban J connectivity index is 0. The van der Waals surface area contributed by atoms with E-state index in [9.17, 15) is 0 Å². The van der Waals surface area contributed by atoms with E-state index in [4.69, 9.17) is 16.9 Å². The zero-order valence-electron chi connectivity index (χ0n) is 7.16. The number of nitriles is 1. The predicted octanol–water partition coefficient (Wildman–Crippen LogP) is 5.06. The van der Waals surface area contributed by atoms with Gasteiger partial charge in [0.25, 0.3) is 0 Å². The second kappa shape index (κ2) is 15.2. The molecule has 1 aromatic carbocycles. The Morgan fingerprint density at radius 3 is 1.79 bits per heavy atom. The van der Waals surface area contributed by atoms with Crippen LogP contribution in [-0.4, -0.2) is 0 Å². The highest BCUT2D eigenvalue weighted by Gasteiger charge is 1.74. The van der Waals surface area contributed by atoms with Crippen LogP contribution in [0.5, 0.6) is 0 Å². The number of benzene rings is 1. The summed E-state index contributed by atoms with van der Waals surface area (Å²) in [6, 6.07) is 11.1. The molecule has 5 heteroatoms. The summed E-state index contributed by atoms with van der Waals surface area (Å²) in [6.45, 7) is 3.12. The fourth-order valence-electron chi connectivity index (χ4n) is 0.415. The molecule has 0 amide bonds. The smallest absolute Gasteiger partial charge is 0.0905 e. The average molecular weight is 269 g/mol. The normalized spacial score (nSPS) is 6.71. The average Bonchev–Trinajstić information content (AvgIpc) is 2.21. The standard InChI is InChI=1S/C6H5Cl.C3H3N.Cl2S/c7-6-4-2-1-3-5-6;1-2-3-4;1-3-2/h1-5H;2H,1H2;. The largest absolute Gasteiger partial charge is 0.193 e. The molecule has 0 heterocycles. The SMILES string of the molecule is C=CC#N.ClSCl.Clc1ccccc1. The van der Waals surface area contributed by atoms with Crippen LogP contribution in [0.25, 0.3) is 0 Å². The maximum atomic E-state index is 7.51. The van der Waals surface area contributed by atoms with Gasteiger partial charge in [-0.2, -0.15) is 5.26 Å². The number of nitrogens with zero attached hydrogens (tertiary/aromatic N) is 1. The molecule has 0 N–H and O–H groups in total. The van der Waals surface area contributed by atoms with Gasteiger partial charge >= 0.3 is 0 Å². The van der Waals surface area contributed by atoms with Gasteiger partial charge in [-0.05, 0) is 33.5 Å². The molecular formula is C9H8Cl3NS. The summed E-state index contributed by atoms with van der Waals surface area (Å²) in [5.74, 6) is 0. The van der Waals surface area contributed by atoms with Crippen molar-refractivity contribution in [3.8, 4) is 6.07 Å². The van der Waals surface area contributed by atoms with Gasteiger partial charge in [-0.1, -0.05) is 36.4 Å². The third-order valence-electron chi connectivity index (χ3n) is 0.824. The summed E-state index contributed by atoms with van der Waals surface area (Å²) in [4.78, 5) is 0. The Kier molecular flexibility index (Phi) is 17.4. The minimum Gasteiger partial charge on any atom is -0.193 e. The van der Waals surface area contributed by atoms with Crippen LogP contribution in [0.2, 0.25) is 5.02 Å². The van der Waals surface area contributed by atoms with Gasteiger partial charge in [-0.3, -0.25) is 0 Å². The topological polar surface area (TPSA) is 23.8 Å². The second-order valence-corrected chi connectivity index (χ2v) is 3.64. The zero-order chi connectivity index (χ0) is 11.2. The molecule has 14 heavy (non-hydrogen) atoms. The molecule has 0 spiro atoms. The van der Waals surface area contributed by atoms with E-state index >= 15 is 0 Å². The highest BCUT2D eigenvalue weighted by atomic mass is 36.0. The minimum atomic E-state index is 0.694. The first kappa shape index (κ1) is 16.1. The van der Waals surface area contributed by atoms with Crippen molar-refractivity contribution in [2.45, 2.75) is 0 Å². The molecule has 76 valence electrons. The number of hydrogen-bond acceptors (Lipinski definition) is 2. The third kappa shape index (κ3) is 17.7. The lowest BCUT2D eigenvalue weighted by Crippen LogP contribution is -1.55. The first-order valence-corrected chi connectivity index (χ1v) is 6.18. The highest BCUT2D eigenvalue weighted by Crippen LogP contribution is 2.08. The predicted molar refractivity (Wildman–Crippen MR) is 66.6 cm³/mol. The van der Waals surface area contributed by atoms with Gasteiger partial charge in [0.1, 0.15) is 0 Å². The second-order valence-electron chi connectivity index (χ2n) is 1.69. The maximum Gasteiger partial charge on any atom is 0.0905 e. The lowest BCUT2D eigenvalue weighted by molar-refractivity contribution is 1.54. The van der Waals surface area contributed by atoms with Gasteiger partial charge in [0, 0.05) is 11.1 Å². The fraction of sp³-hybridized carbons (Fsp3) is 0. The molecule has 0 aromatic heterocycles. The first-order chi connectivity index (χ1) is 6.72. The van der Waals surface area contributed by atoms with Crippen LogP contribution < -0.4 is 0 Å². The van der Waals surface area contributed by atoms with Crippen molar-refractivity contribution in [2.24, 2.45) is 0 Å². The van der Waals surface area contributed by atoms with E-state index in [2.05, 4.69) is 27.9 Å². The molecular weight excluding hydrogens is 261 g/mol. The molecule has 1 nitrogen and oxygen atoms in total. The molecule has 0 radical (unpaired) electrons. The van der Waals surface area contributed by atoms with Gasteiger partial charge in [0.05, 0.1) is 16.3 Å². The van der Waals surface area contributed by atoms with Gasteiger partial charge in [-0.25, -0.2) is 0 Å². The number of hydrogen-bond donors (Lipinski definition) is 0. The summed E-state index contributed by atoms with van der Waals surface area (Å²) in [5, 5.41) is 8.30. The van der Waals surface area contributed by atoms with Crippen LogP contribution in [0.15, 0.2) is 43.0 Å². The monoisotopic (exact) mass is 267 g/mol. The lowest BCUT2D eigenvalue weighted by Gasteiger charge is -1.80. The minimum absolute atomic E-state index is 0.694. The van der Waals surface area contributed by atoms with E-state index in [0.717, 1.165) is 5.02 Å². The lowest BCUT2D eigenvalue weighted by atomic mass is 10.4.